The number of hydrogen-bond acceptors (Lipinski definition) is 6. The lowest BCUT2D eigenvalue weighted by atomic mass is 9.80. The molecule has 0 unspecified atom stereocenters. The lowest BCUT2D eigenvalue weighted by Gasteiger charge is -2.35. The number of nitrogen functional groups attached to an aromatic ring is 1. The van der Waals surface area contributed by atoms with E-state index in [1.165, 1.54) is 12.4 Å². The van der Waals surface area contributed by atoms with Gasteiger partial charge in [-0.1, -0.05) is 12.1 Å². The normalized spacial score (nSPS) is 19.7. The topological polar surface area (TPSA) is 126 Å². The largest absolute Gasteiger partial charge is 0.383 e. The van der Waals surface area contributed by atoms with Crippen molar-refractivity contribution in [2.24, 2.45) is 11.7 Å². The number of fused-ring (bicyclic) bond motifs is 1. The van der Waals surface area contributed by atoms with E-state index in [1.54, 1.807) is 12.1 Å². The SMILES string of the molecule is NCC1CC(n2cc(-c3cccc([N+](=O)[O-])c3)c3c(N)ncnc32)C1. The molecule has 3 aromatic rings. The average Bonchev–Trinajstić information content (AvgIpc) is 2.95. The standard InChI is InChI=1S/C17H18N6O2/c18-7-10-4-13(5-10)22-8-14(15-16(19)20-9-21-17(15)22)11-2-1-3-12(6-11)23(24)25/h1-3,6,8-10,13H,4-5,7,18H2,(H2,19,20,21). The number of nitro benzene ring substituents is 1. The van der Waals surface area contributed by atoms with Gasteiger partial charge in [0.1, 0.15) is 17.8 Å². The molecule has 0 aliphatic heterocycles. The molecule has 0 bridgehead atoms. The van der Waals surface area contributed by atoms with Gasteiger partial charge in [0, 0.05) is 29.9 Å². The van der Waals surface area contributed by atoms with Gasteiger partial charge in [-0.05, 0) is 30.9 Å². The van der Waals surface area contributed by atoms with Crippen molar-refractivity contribution in [2.75, 3.05) is 12.3 Å². The number of non-ortho nitro benzene ring substituents is 1. The fourth-order valence-corrected chi connectivity index (χ4v) is 3.51. The van der Waals surface area contributed by atoms with Crippen LogP contribution >= 0.6 is 0 Å². The van der Waals surface area contributed by atoms with Crippen LogP contribution in [0.3, 0.4) is 0 Å². The summed E-state index contributed by atoms with van der Waals surface area (Å²) in [4.78, 5) is 19.2. The van der Waals surface area contributed by atoms with Crippen LogP contribution < -0.4 is 11.5 Å². The highest BCUT2D eigenvalue weighted by Crippen LogP contribution is 2.42. The minimum atomic E-state index is -0.402. The molecule has 2 heterocycles. The predicted octanol–water partition coefficient (Wildman–Crippen LogP) is 2.50. The number of aromatic nitrogens is 3. The van der Waals surface area contributed by atoms with E-state index in [2.05, 4.69) is 14.5 Å². The second-order valence-electron chi connectivity index (χ2n) is 6.44. The molecule has 8 nitrogen and oxygen atoms in total. The Labute approximate surface area is 143 Å². The molecule has 128 valence electrons. The maximum atomic E-state index is 11.1. The molecule has 0 spiro atoms. The molecule has 1 aliphatic rings. The van der Waals surface area contributed by atoms with E-state index in [4.69, 9.17) is 11.5 Å². The molecule has 0 radical (unpaired) electrons. The summed E-state index contributed by atoms with van der Waals surface area (Å²) in [5, 5.41) is 11.8. The Morgan fingerprint density at radius 1 is 1.32 bits per heavy atom. The monoisotopic (exact) mass is 338 g/mol. The van der Waals surface area contributed by atoms with E-state index >= 15 is 0 Å². The fraction of sp³-hybridized carbons (Fsp3) is 0.294. The Hall–Kier alpha value is -3.00. The molecule has 25 heavy (non-hydrogen) atoms. The Morgan fingerprint density at radius 3 is 2.84 bits per heavy atom. The summed E-state index contributed by atoms with van der Waals surface area (Å²) in [6.07, 6.45) is 5.42. The summed E-state index contributed by atoms with van der Waals surface area (Å²) in [5.41, 5.74) is 14.2. The van der Waals surface area contributed by atoms with Gasteiger partial charge in [0.2, 0.25) is 0 Å². The molecule has 8 heteroatoms. The lowest BCUT2D eigenvalue weighted by Crippen LogP contribution is -2.31. The van der Waals surface area contributed by atoms with Crippen molar-refractivity contribution in [1.29, 1.82) is 0 Å². The summed E-state index contributed by atoms with van der Waals surface area (Å²) in [5.74, 6) is 0.905. The molecule has 4 N–H and O–H groups in total. The quantitative estimate of drug-likeness (QED) is 0.556. The van der Waals surface area contributed by atoms with Gasteiger partial charge in [-0.25, -0.2) is 9.97 Å². The number of benzene rings is 1. The van der Waals surface area contributed by atoms with Crippen molar-refractivity contribution in [2.45, 2.75) is 18.9 Å². The number of hydrogen-bond donors (Lipinski definition) is 2. The molecule has 1 aliphatic carbocycles. The first-order valence-corrected chi connectivity index (χ1v) is 8.14. The highest BCUT2D eigenvalue weighted by molar-refractivity contribution is 6.00. The van der Waals surface area contributed by atoms with Crippen LogP contribution in [0.15, 0.2) is 36.8 Å². The third-order valence-electron chi connectivity index (χ3n) is 4.94. The summed E-state index contributed by atoms with van der Waals surface area (Å²) in [6, 6.07) is 6.85. The van der Waals surface area contributed by atoms with Gasteiger partial charge < -0.3 is 16.0 Å². The summed E-state index contributed by atoms with van der Waals surface area (Å²) in [7, 11) is 0. The second-order valence-corrected chi connectivity index (χ2v) is 6.44. The third kappa shape index (κ3) is 2.51. The van der Waals surface area contributed by atoms with E-state index in [0.717, 1.165) is 35.0 Å². The zero-order valence-electron chi connectivity index (χ0n) is 13.5. The molecule has 0 saturated heterocycles. The Balaban J connectivity index is 1.87. The predicted molar refractivity (Wildman–Crippen MR) is 94.8 cm³/mol. The van der Waals surface area contributed by atoms with Crippen molar-refractivity contribution in [1.82, 2.24) is 14.5 Å². The minimum absolute atomic E-state index is 0.0423. The van der Waals surface area contributed by atoms with E-state index in [9.17, 15) is 10.1 Å². The van der Waals surface area contributed by atoms with Crippen LogP contribution in [0.1, 0.15) is 18.9 Å². The maximum Gasteiger partial charge on any atom is 0.270 e. The number of nitrogens with two attached hydrogens (primary N) is 2. The van der Waals surface area contributed by atoms with Crippen LogP contribution in [0.5, 0.6) is 0 Å². The molecule has 4 rings (SSSR count). The van der Waals surface area contributed by atoms with Gasteiger partial charge >= 0.3 is 0 Å². The summed E-state index contributed by atoms with van der Waals surface area (Å²) < 4.78 is 2.10. The van der Waals surface area contributed by atoms with E-state index in [-0.39, 0.29) is 5.69 Å². The molecule has 2 aromatic heterocycles. The van der Waals surface area contributed by atoms with E-state index < -0.39 is 4.92 Å². The molecule has 1 fully saturated rings. The average molecular weight is 338 g/mol. The van der Waals surface area contributed by atoms with Crippen LogP contribution in [0.25, 0.3) is 22.2 Å². The molecule has 1 saturated carbocycles. The maximum absolute atomic E-state index is 11.1. The molecular formula is C17H18N6O2. The third-order valence-corrected chi connectivity index (χ3v) is 4.94. The number of rotatable bonds is 4. The van der Waals surface area contributed by atoms with Crippen molar-refractivity contribution >= 4 is 22.5 Å². The van der Waals surface area contributed by atoms with Crippen LogP contribution in [-0.2, 0) is 0 Å². The highest BCUT2D eigenvalue weighted by atomic mass is 16.6. The van der Waals surface area contributed by atoms with Gasteiger partial charge in [0.05, 0.1) is 10.3 Å². The van der Waals surface area contributed by atoms with Gasteiger partial charge in [0.25, 0.3) is 5.69 Å². The molecule has 1 aromatic carbocycles. The lowest BCUT2D eigenvalue weighted by molar-refractivity contribution is -0.384. The van der Waals surface area contributed by atoms with Crippen LogP contribution in [0, 0.1) is 16.0 Å². The van der Waals surface area contributed by atoms with Crippen molar-refractivity contribution in [3.05, 3.63) is 46.9 Å². The zero-order valence-corrected chi connectivity index (χ0v) is 13.5. The highest BCUT2D eigenvalue weighted by Gasteiger charge is 2.31. The first-order chi connectivity index (χ1) is 12.1. The fourth-order valence-electron chi connectivity index (χ4n) is 3.51. The summed E-state index contributed by atoms with van der Waals surface area (Å²) in [6.45, 7) is 0.685. The van der Waals surface area contributed by atoms with E-state index in [0.29, 0.717) is 24.3 Å². The van der Waals surface area contributed by atoms with Gasteiger partial charge in [-0.3, -0.25) is 10.1 Å². The van der Waals surface area contributed by atoms with Gasteiger partial charge in [-0.2, -0.15) is 0 Å². The van der Waals surface area contributed by atoms with Crippen molar-refractivity contribution < 1.29 is 4.92 Å². The molecule has 0 amide bonds. The van der Waals surface area contributed by atoms with Crippen LogP contribution in [0.4, 0.5) is 11.5 Å². The summed E-state index contributed by atoms with van der Waals surface area (Å²) >= 11 is 0. The Kier molecular flexibility index (Phi) is 3.61. The van der Waals surface area contributed by atoms with Crippen LogP contribution in [-0.4, -0.2) is 26.0 Å². The van der Waals surface area contributed by atoms with Gasteiger partial charge in [-0.15, -0.1) is 0 Å². The van der Waals surface area contributed by atoms with Gasteiger partial charge in [0.15, 0.2) is 0 Å². The van der Waals surface area contributed by atoms with Crippen molar-refractivity contribution in [3.63, 3.8) is 0 Å². The number of nitro groups is 1. The Morgan fingerprint density at radius 2 is 2.12 bits per heavy atom. The smallest absolute Gasteiger partial charge is 0.270 e. The molecule has 0 atom stereocenters. The second kappa shape index (κ2) is 5.82. The van der Waals surface area contributed by atoms with Crippen LogP contribution in [0.2, 0.25) is 0 Å². The van der Waals surface area contributed by atoms with E-state index in [1.807, 2.05) is 12.3 Å². The minimum Gasteiger partial charge on any atom is -0.383 e. The van der Waals surface area contributed by atoms with Crippen molar-refractivity contribution in [3.8, 4) is 11.1 Å². The first kappa shape index (κ1) is 15.5. The number of nitrogens with zero attached hydrogens (tertiary/aromatic N) is 4. The number of anilines is 1. The Bertz CT molecular complexity index is 961. The molecular weight excluding hydrogens is 320 g/mol. The first-order valence-electron chi connectivity index (χ1n) is 8.14. The zero-order chi connectivity index (χ0) is 17.6.